The maximum Gasteiger partial charge on any atom is 0.514 e. The highest BCUT2D eigenvalue weighted by Crippen LogP contribution is 2.22. The molecule has 2 aromatic carbocycles. The number of aromatic nitrogens is 1. The fraction of sp³-hybridized carbons (Fsp3) is 0.167. The van der Waals surface area contributed by atoms with Crippen LogP contribution in [0.25, 0.3) is 6.08 Å². The van der Waals surface area contributed by atoms with Gasteiger partial charge in [0.05, 0.1) is 17.0 Å². The second-order valence-electron chi connectivity index (χ2n) is 7.39. The fourth-order valence-electron chi connectivity index (χ4n) is 2.84. The largest absolute Gasteiger partial charge is 0.514 e. The summed E-state index contributed by atoms with van der Waals surface area (Å²) in [5.74, 6) is -0.829. The van der Waals surface area contributed by atoms with Crippen LogP contribution in [0.3, 0.4) is 0 Å². The van der Waals surface area contributed by atoms with E-state index in [2.05, 4.69) is 10.3 Å². The van der Waals surface area contributed by atoms with Gasteiger partial charge in [0.25, 0.3) is 5.91 Å². The van der Waals surface area contributed by atoms with Gasteiger partial charge in [-0.2, -0.15) is 0 Å². The Morgan fingerprint density at radius 1 is 1.06 bits per heavy atom. The molecule has 10 nitrogen and oxygen atoms in total. The summed E-state index contributed by atoms with van der Waals surface area (Å²) in [5.41, 5.74) is 1.18. The SMILES string of the molecule is CC(=O)Oc1ccc(/C=C/COC(=O)Oc2ccccc2C(=O)Nc2nc(CS(C)(=O)=O)cs2)cc1. The number of benzene rings is 2. The summed E-state index contributed by atoms with van der Waals surface area (Å²) in [5, 5.41) is 4.32. The molecule has 1 heterocycles. The average molecular weight is 531 g/mol. The first-order valence-corrected chi connectivity index (χ1v) is 13.4. The van der Waals surface area contributed by atoms with E-state index in [0.29, 0.717) is 11.4 Å². The number of hydrogen-bond acceptors (Lipinski definition) is 10. The summed E-state index contributed by atoms with van der Waals surface area (Å²) in [6.07, 6.45) is 3.39. The number of amides is 1. The summed E-state index contributed by atoms with van der Waals surface area (Å²) in [6, 6.07) is 12.8. The van der Waals surface area contributed by atoms with Gasteiger partial charge in [0, 0.05) is 18.6 Å². The molecule has 1 aromatic heterocycles. The Labute approximate surface area is 211 Å². The monoisotopic (exact) mass is 530 g/mol. The van der Waals surface area contributed by atoms with Gasteiger partial charge in [0.1, 0.15) is 18.1 Å². The van der Waals surface area contributed by atoms with E-state index in [-0.39, 0.29) is 28.8 Å². The molecule has 1 amide bonds. The topological polar surface area (TPSA) is 138 Å². The van der Waals surface area contributed by atoms with E-state index in [9.17, 15) is 22.8 Å². The van der Waals surface area contributed by atoms with Crippen LogP contribution in [0.15, 0.2) is 60.0 Å². The molecule has 0 bridgehead atoms. The van der Waals surface area contributed by atoms with Crippen molar-refractivity contribution in [2.24, 2.45) is 0 Å². The third-order valence-corrected chi connectivity index (χ3v) is 5.88. The van der Waals surface area contributed by atoms with E-state index in [1.54, 1.807) is 48.6 Å². The normalized spacial score (nSPS) is 11.2. The number of anilines is 1. The zero-order valence-electron chi connectivity index (χ0n) is 19.3. The molecule has 0 saturated heterocycles. The van der Waals surface area contributed by atoms with Crippen molar-refractivity contribution in [3.8, 4) is 11.5 Å². The number of carbonyl (C=O) groups excluding carboxylic acids is 3. The van der Waals surface area contributed by atoms with Crippen molar-refractivity contribution < 1.29 is 37.0 Å². The Hall–Kier alpha value is -4.03. The predicted molar refractivity (Wildman–Crippen MR) is 134 cm³/mol. The first-order valence-electron chi connectivity index (χ1n) is 10.4. The van der Waals surface area contributed by atoms with E-state index in [0.717, 1.165) is 23.2 Å². The van der Waals surface area contributed by atoms with Crippen molar-refractivity contribution >= 4 is 50.4 Å². The third-order valence-electron chi connectivity index (χ3n) is 4.26. The second-order valence-corrected chi connectivity index (χ2v) is 10.4. The molecule has 0 saturated carbocycles. The molecular formula is C24H22N2O8S2. The lowest BCUT2D eigenvalue weighted by Crippen LogP contribution is -2.16. The number of nitrogens with zero attached hydrogens (tertiary/aromatic N) is 1. The molecule has 0 spiro atoms. The number of carbonyl (C=O) groups is 3. The van der Waals surface area contributed by atoms with Crippen LogP contribution in [0.5, 0.6) is 11.5 Å². The van der Waals surface area contributed by atoms with Crippen LogP contribution in [0.2, 0.25) is 0 Å². The molecule has 1 N–H and O–H groups in total. The number of esters is 1. The van der Waals surface area contributed by atoms with Crippen molar-refractivity contribution in [2.45, 2.75) is 12.7 Å². The average Bonchev–Trinajstić information content (AvgIpc) is 3.22. The van der Waals surface area contributed by atoms with Crippen molar-refractivity contribution in [3.63, 3.8) is 0 Å². The van der Waals surface area contributed by atoms with Crippen LogP contribution < -0.4 is 14.8 Å². The van der Waals surface area contributed by atoms with Crippen LogP contribution in [0, 0.1) is 0 Å². The molecule has 0 aliphatic rings. The minimum Gasteiger partial charge on any atom is -0.430 e. The van der Waals surface area contributed by atoms with Gasteiger partial charge in [0.15, 0.2) is 15.0 Å². The highest BCUT2D eigenvalue weighted by atomic mass is 32.2. The van der Waals surface area contributed by atoms with Gasteiger partial charge in [-0.15, -0.1) is 11.3 Å². The zero-order chi connectivity index (χ0) is 26.1. The Bertz CT molecular complexity index is 1380. The minimum atomic E-state index is -3.26. The van der Waals surface area contributed by atoms with E-state index >= 15 is 0 Å². The highest BCUT2D eigenvalue weighted by Gasteiger charge is 2.17. The predicted octanol–water partition coefficient (Wildman–Crippen LogP) is 4.09. The molecule has 0 atom stereocenters. The Morgan fingerprint density at radius 3 is 2.47 bits per heavy atom. The van der Waals surface area contributed by atoms with Crippen molar-refractivity contribution in [1.82, 2.24) is 4.98 Å². The van der Waals surface area contributed by atoms with Gasteiger partial charge in [-0.05, 0) is 35.9 Å². The third kappa shape index (κ3) is 8.64. The van der Waals surface area contributed by atoms with Crippen LogP contribution in [-0.4, -0.2) is 44.3 Å². The van der Waals surface area contributed by atoms with Gasteiger partial charge in [-0.3, -0.25) is 14.9 Å². The molecule has 3 aromatic rings. The summed E-state index contributed by atoms with van der Waals surface area (Å²) in [7, 11) is -3.26. The van der Waals surface area contributed by atoms with E-state index in [1.165, 1.54) is 24.4 Å². The lowest BCUT2D eigenvalue weighted by molar-refractivity contribution is -0.131. The maximum atomic E-state index is 12.7. The number of nitrogens with one attached hydrogen (secondary N) is 1. The zero-order valence-corrected chi connectivity index (χ0v) is 20.9. The lowest BCUT2D eigenvalue weighted by Gasteiger charge is -2.09. The number of ether oxygens (including phenoxy) is 3. The van der Waals surface area contributed by atoms with Crippen LogP contribution in [0.4, 0.5) is 9.93 Å². The lowest BCUT2D eigenvalue weighted by atomic mass is 10.2. The second kappa shape index (κ2) is 12.1. The highest BCUT2D eigenvalue weighted by molar-refractivity contribution is 7.89. The smallest absolute Gasteiger partial charge is 0.430 e. The summed E-state index contributed by atoms with van der Waals surface area (Å²) in [4.78, 5) is 39.8. The Kier molecular flexibility index (Phi) is 8.92. The van der Waals surface area contributed by atoms with Gasteiger partial charge in [-0.1, -0.05) is 30.3 Å². The van der Waals surface area contributed by atoms with E-state index < -0.39 is 27.9 Å². The molecule has 188 valence electrons. The molecule has 36 heavy (non-hydrogen) atoms. The molecule has 0 aliphatic heterocycles. The van der Waals surface area contributed by atoms with Gasteiger partial charge in [-0.25, -0.2) is 18.2 Å². The van der Waals surface area contributed by atoms with E-state index in [4.69, 9.17) is 14.2 Å². The minimum absolute atomic E-state index is 0.0158. The summed E-state index contributed by atoms with van der Waals surface area (Å²) in [6.45, 7) is 1.23. The molecule has 0 fully saturated rings. The summed E-state index contributed by atoms with van der Waals surface area (Å²) >= 11 is 1.08. The van der Waals surface area contributed by atoms with Gasteiger partial charge >= 0.3 is 12.1 Å². The van der Waals surface area contributed by atoms with Gasteiger partial charge < -0.3 is 14.2 Å². The van der Waals surface area contributed by atoms with Crippen molar-refractivity contribution in [2.75, 3.05) is 18.2 Å². The fourth-order valence-corrected chi connectivity index (χ4v) is 4.34. The number of hydrogen-bond donors (Lipinski definition) is 1. The Morgan fingerprint density at radius 2 is 1.78 bits per heavy atom. The standard InChI is InChI=1S/C24H22N2O8S2/c1-16(27)33-19-11-9-17(10-12-19)6-5-13-32-24(29)34-21-8-4-3-7-20(21)22(28)26-23-25-18(14-35-23)15-36(2,30)31/h3-12,14H,13,15H2,1-2H3,(H,25,26,28)/b6-5+. The molecule has 0 radical (unpaired) electrons. The first kappa shape index (κ1) is 26.6. The first-order chi connectivity index (χ1) is 17.1. The molecule has 0 aliphatic carbocycles. The number of sulfone groups is 1. The quantitative estimate of drug-likeness (QED) is 0.246. The van der Waals surface area contributed by atoms with E-state index in [1.807, 2.05) is 0 Å². The molecular weight excluding hydrogens is 508 g/mol. The van der Waals surface area contributed by atoms with Crippen molar-refractivity contribution in [1.29, 1.82) is 0 Å². The summed E-state index contributed by atoms with van der Waals surface area (Å²) < 4.78 is 38.0. The Balaban J connectivity index is 1.54. The number of rotatable bonds is 9. The molecule has 3 rings (SSSR count). The number of thiazole rings is 1. The van der Waals surface area contributed by atoms with Crippen LogP contribution >= 0.6 is 11.3 Å². The number of para-hydroxylation sites is 1. The maximum absolute atomic E-state index is 12.7. The molecule has 12 heteroatoms. The molecule has 0 unspecified atom stereocenters. The van der Waals surface area contributed by atoms with Crippen LogP contribution in [-0.2, 0) is 25.1 Å². The van der Waals surface area contributed by atoms with Crippen molar-refractivity contribution in [3.05, 3.63) is 76.8 Å². The van der Waals surface area contributed by atoms with Crippen LogP contribution in [0.1, 0.15) is 28.5 Å². The van der Waals surface area contributed by atoms with Gasteiger partial charge in [0.2, 0.25) is 0 Å².